The molecular weight excluding hydrogens is 336 g/mol. The number of fused-ring (bicyclic) bond motifs is 1. The summed E-state index contributed by atoms with van der Waals surface area (Å²) in [5, 5.41) is 12.5. The molecule has 132 valence electrons. The van der Waals surface area contributed by atoms with Crippen molar-refractivity contribution < 1.29 is 4.74 Å². The van der Waals surface area contributed by atoms with Gasteiger partial charge in [0.05, 0.1) is 24.7 Å². The van der Waals surface area contributed by atoms with Crippen molar-refractivity contribution in [3.63, 3.8) is 0 Å². The first kappa shape index (κ1) is 16.3. The number of ether oxygens (including phenoxy) is 1. The van der Waals surface area contributed by atoms with E-state index in [1.807, 2.05) is 17.5 Å². The van der Waals surface area contributed by atoms with Gasteiger partial charge in [-0.05, 0) is 44.8 Å². The van der Waals surface area contributed by atoms with Crippen molar-refractivity contribution in [3.05, 3.63) is 24.2 Å². The van der Waals surface area contributed by atoms with Crippen LogP contribution in [0.15, 0.2) is 18.5 Å². The minimum absolute atomic E-state index is 0.719. The van der Waals surface area contributed by atoms with Crippen LogP contribution in [0.1, 0.15) is 18.5 Å². The third-order valence-corrected chi connectivity index (χ3v) is 5.52. The molecule has 1 aliphatic heterocycles. The molecule has 1 aliphatic rings. The molecule has 8 heteroatoms. The van der Waals surface area contributed by atoms with Crippen LogP contribution in [0.2, 0.25) is 0 Å². The Hall–Kier alpha value is -2.19. The highest BCUT2D eigenvalue weighted by atomic mass is 32.1. The van der Waals surface area contributed by atoms with E-state index in [0.717, 1.165) is 58.3 Å². The molecule has 0 aromatic carbocycles. The van der Waals surface area contributed by atoms with Gasteiger partial charge in [-0.15, -0.1) is 5.10 Å². The fourth-order valence-corrected chi connectivity index (χ4v) is 4.02. The number of hydrogen-bond donors (Lipinski definition) is 2. The van der Waals surface area contributed by atoms with Crippen molar-refractivity contribution in [1.82, 2.24) is 24.9 Å². The van der Waals surface area contributed by atoms with E-state index in [1.54, 1.807) is 30.8 Å². The number of hydrogen-bond acceptors (Lipinski definition) is 7. The Morgan fingerprint density at radius 1 is 1.36 bits per heavy atom. The minimum atomic E-state index is 0.719. The number of anilines is 1. The molecule has 1 saturated heterocycles. The summed E-state index contributed by atoms with van der Waals surface area (Å²) in [7, 11) is 1.64. The molecule has 0 bridgehead atoms. The molecule has 0 spiro atoms. The van der Waals surface area contributed by atoms with Crippen LogP contribution in [-0.4, -0.2) is 46.3 Å². The Kier molecular flexibility index (Phi) is 4.54. The minimum Gasteiger partial charge on any atom is -0.495 e. The third-order valence-electron chi connectivity index (χ3n) is 4.65. The molecule has 1 fully saturated rings. The zero-order chi connectivity index (χ0) is 17.2. The average Bonchev–Trinajstić information content (AvgIpc) is 3.20. The molecule has 0 amide bonds. The van der Waals surface area contributed by atoms with Gasteiger partial charge < -0.3 is 15.4 Å². The van der Waals surface area contributed by atoms with Crippen molar-refractivity contribution in [2.75, 3.05) is 32.1 Å². The second kappa shape index (κ2) is 6.97. The van der Waals surface area contributed by atoms with Gasteiger partial charge in [0.15, 0.2) is 0 Å². The Labute approximate surface area is 150 Å². The highest BCUT2D eigenvalue weighted by Crippen LogP contribution is 2.29. The lowest BCUT2D eigenvalue weighted by Gasteiger charge is -2.22. The molecule has 2 N–H and O–H groups in total. The lowest BCUT2D eigenvalue weighted by atomic mass is 9.98. The molecule has 0 atom stereocenters. The highest BCUT2D eigenvalue weighted by Gasteiger charge is 2.17. The number of nitrogens with one attached hydrogen (secondary N) is 2. The van der Waals surface area contributed by atoms with E-state index in [2.05, 4.69) is 20.7 Å². The van der Waals surface area contributed by atoms with E-state index in [9.17, 15) is 0 Å². The van der Waals surface area contributed by atoms with Crippen LogP contribution in [0, 0.1) is 12.8 Å². The first-order chi connectivity index (χ1) is 12.2. The predicted molar refractivity (Wildman–Crippen MR) is 99.5 cm³/mol. The summed E-state index contributed by atoms with van der Waals surface area (Å²) < 4.78 is 7.16. The van der Waals surface area contributed by atoms with Gasteiger partial charge in [-0.1, -0.05) is 11.3 Å². The number of aryl methyl sites for hydroxylation is 1. The van der Waals surface area contributed by atoms with Crippen LogP contribution in [0.5, 0.6) is 5.75 Å². The van der Waals surface area contributed by atoms with Crippen molar-refractivity contribution in [2.24, 2.45) is 5.92 Å². The van der Waals surface area contributed by atoms with Crippen LogP contribution < -0.4 is 15.4 Å². The molecule has 4 rings (SSSR count). The summed E-state index contributed by atoms with van der Waals surface area (Å²) in [6, 6.07) is 1.95. The maximum absolute atomic E-state index is 5.26. The Morgan fingerprint density at radius 3 is 2.96 bits per heavy atom. The van der Waals surface area contributed by atoms with Crippen molar-refractivity contribution in [3.8, 4) is 17.0 Å². The zero-order valence-electron chi connectivity index (χ0n) is 14.5. The number of imidazole rings is 1. The normalized spacial score (nSPS) is 15.6. The van der Waals surface area contributed by atoms with E-state index < -0.39 is 0 Å². The van der Waals surface area contributed by atoms with E-state index in [1.165, 1.54) is 12.8 Å². The maximum Gasteiger partial charge on any atom is 0.214 e. The molecule has 7 nitrogen and oxygen atoms in total. The average molecular weight is 358 g/mol. The molecule has 4 heterocycles. The van der Waals surface area contributed by atoms with Gasteiger partial charge >= 0.3 is 0 Å². The number of rotatable bonds is 5. The Balaban J connectivity index is 1.54. The highest BCUT2D eigenvalue weighted by molar-refractivity contribution is 7.20. The van der Waals surface area contributed by atoms with Crippen LogP contribution in [0.25, 0.3) is 16.2 Å². The number of piperidine rings is 1. The topological polar surface area (TPSA) is 76.4 Å². The predicted octanol–water partition coefficient (Wildman–Crippen LogP) is 2.58. The maximum atomic E-state index is 5.26. The first-order valence-electron chi connectivity index (χ1n) is 8.55. The smallest absolute Gasteiger partial charge is 0.214 e. The second-order valence-electron chi connectivity index (χ2n) is 6.34. The second-order valence-corrected chi connectivity index (χ2v) is 7.29. The molecule has 3 aromatic rings. The van der Waals surface area contributed by atoms with Gasteiger partial charge in [-0.25, -0.2) is 9.50 Å². The number of aromatic nitrogens is 4. The summed E-state index contributed by atoms with van der Waals surface area (Å²) in [5.41, 5.74) is 2.85. The number of methoxy groups -OCH3 is 1. The first-order valence-corrected chi connectivity index (χ1v) is 9.36. The quantitative estimate of drug-likeness (QED) is 0.730. The summed E-state index contributed by atoms with van der Waals surface area (Å²) in [6.07, 6.45) is 5.94. The fourth-order valence-electron chi connectivity index (χ4n) is 3.17. The molecule has 3 aromatic heterocycles. The molecule has 0 saturated carbocycles. The Bertz CT molecular complexity index is 867. The van der Waals surface area contributed by atoms with Crippen molar-refractivity contribution >= 4 is 21.4 Å². The number of nitrogens with zero attached hydrogens (tertiary/aromatic N) is 4. The van der Waals surface area contributed by atoms with E-state index in [0.29, 0.717) is 0 Å². The van der Waals surface area contributed by atoms with Crippen LogP contribution in [0.4, 0.5) is 5.13 Å². The van der Waals surface area contributed by atoms with Gasteiger partial charge in [0.2, 0.25) is 10.1 Å². The van der Waals surface area contributed by atoms with Crippen LogP contribution in [-0.2, 0) is 0 Å². The molecule has 0 unspecified atom stereocenters. The Morgan fingerprint density at radius 2 is 2.20 bits per heavy atom. The molecule has 0 radical (unpaired) electrons. The lowest BCUT2D eigenvalue weighted by molar-refractivity contribution is 0.390. The molecule has 0 aliphatic carbocycles. The van der Waals surface area contributed by atoms with Crippen molar-refractivity contribution in [1.29, 1.82) is 0 Å². The molecular formula is C17H22N6OS. The van der Waals surface area contributed by atoms with Crippen LogP contribution in [0.3, 0.4) is 0 Å². The van der Waals surface area contributed by atoms with Crippen molar-refractivity contribution in [2.45, 2.75) is 19.8 Å². The van der Waals surface area contributed by atoms with Gasteiger partial charge in [0.1, 0.15) is 5.75 Å². The lowest BCUT2D eigenvalue weighted by Crippen LogP contribution is -2.31. The SMILES string of the molecule is COc1cncc(-c2nc3sc(NCC4CCNCC4)nn3c2C)c1. The summed E-state index contributed by atoms with van der Waals surface area (Å²) in [5.74, 6) is 1.45. The fraction of sp³-hybridized carbons (Fsp3) is 0.471. The summed E-state index contributed by atoms with van der Waals surface area (Å²) in [6.45, 7) is 5.24. The van der Waals surface area contributed by atoms with E-state index in [-0.39, 0.29) is 0 Å². The largest absolute Gasteiger partial charge is 0.495 e. The van der Waals surface area contributed by atoms with Gasteiger partial charge in [0, 0.05) is 18.3 Å². The van der Waals surface area contributed by atoms with E-state index >= 15 is 0 Å². The van der Waals surface area contributed by atoms with Gasteiger partial charge in [-0.3, -0.25) is 4.98 Å². The number of pyridine rings is 1. The third kappa shape index (κ3) is 3.32. The van der Waals surface area contributed by atoms with Gasteiger partial charge in [-0.2, -0.15) is 0 Å². The van der Waals surface area contributed by atoms with E-state index in [4.69, 9.17) is 9.72 Å². The van der Waals surface area contributed by atoms with Crippen LogP contribution >= 0.6 is 11.3 Å². The summed E-state index contributed by atoms with van der Waals surface area (Å²) in [4.78, 5) is 9.86. The molecule has 25 heavy (non-hydrogen) atoms. The van der Waals surface area contributed by atoms with Gasteiger partial charge in [0.25, 0.3) is 0 Å². The monoisotopic (exact) mass is 358 g/mol. The standard InChI is InChI=1S/C17H22N6OS/c1-11-15(13-7-14(24-2)10-19-9-13)21-17-23(11)22-16(25-17)20-8-12-3-5-18-6-4-12/h7,9-10,12,18H,3-6,8H2,1-2H3,(H,20,22). The summed E-state index contributed by atoms with van der Waals surface area (Å²) >= 11 is 1.59. The zero-order valence-corrected chi connectivity index (χ0v) is 15.3.